The molecule has 150 valence electrons. The lowest BCUT2D eigenvalue weighted by Gasteiger charge is -2.12. The second kappa shape index (κ2) is 9.70. The maximum Gasteiger partial charge on any atom is 0.119 e. The van der Waals surface area contributed by atoms with Crippen molar-refractivity contribution in [2.45, 2.75) is 18.6 Å². The number of ether oxygens (including phenoxy) is 3. The van der Waals surface area contributed by atoms with Gasteiger partial charge < -0.3 is 19.3 Å². The van der Waals surface area contributed by atoms with E-state index in [1.165, 1.54) is 5.56 Å². The number of hydrogen-bond donors (Lipinski definition) is 1. The van der Waals surface area contributed by atoms with Gasteiger partial charge in [0.2, 0.25) is 0 Å². The first-order chi connectivity index (χ1) is 14.3. The SMILES string of the molecule is C(OCC1CO1)C1CO1.Oc1cccc(-c2ccccc2)c1Cc1ccccc1. The first-order valence-electron chi connectivity index (χ1n) is 10.0. The van der Waals surface area contributed by atoms with Crippen molar-refractivity contribution in [3.05, 3.63) is 90.0 Å². The van der Waals surface area contributed by atoms with Crippen LogP contribution in [0.1, 0.15) is 11.1 Å². The summed E-state index contributed by atoms with van der Waals surface area (Å²) in [5.41, 5.74) is 4.40. The predicted molar refractivity (Wildman–Crippen MR) is 113 cm³/mol. The summed E-state index contributed by atoms with van der Waals surface area (Å²) in [5, 5.41) is 10.2. The van der Waals surface area contributed by atoms with Crippen LogP contribution >= 0.6 is 0 Å². The average molecular weight is 390 g/mol. The molecule has 3 aromatic rings. The smallest absolute Gasteiger partial charge is 0.119 e. The average Bonchev–Trinajstić information content (AvgIpc) is 3.68. The van der Waals surface area contributed by atoms with Gasteiger partial charge in [0.05, 0.1) is 26.4 Å². The van der Waals surface area contributed by atoms with Gasteiger partial charge in [0.15, 0.2) is 0 Å². The second-order valence-corrected chi connectivity index (χ2v) is 7.28. The van der Waals surface area contributed by atoms with Gasteiger partial charge in [0.1, 0.15) is 18.0 Å². The Hall–Kier alpha value is -2.66. The van der Waals surface area contributed by atoms with E-state index in [2.05, 4.69) is 30.3 Å². The monoisotopic (exact) mass is 390 g/mol. The molecule has 2 heterocycles. The Kier molecular flexibility index (Phi) is 6.57. The van der Waals surface area contributed by atoms with E-state index in [1.807, 2.05) is 42.5 Å². The van der Waals surface area contributed by atoms with Crippen LogP contribution in [0.3, 0.4) is 0 Å². The number of rotatable bonds is 7. The van der Waals surface area contributed by atoms with Gasteiger partial charge in [0.25, 0.3) is 0 Å². The van der Waals surface area contributed by atoms with Gasteiger partial charge in [-0.1, -0.05) is 72.8 Å². The highest BCUT2D eigenvalue weighted by atomic mass is 16.6. The highest BCUT2D eigenvalue weighted by Gasteiger charge is 2.26. The lowest BCUT2D eigenvalue weighted by atomic mass is 9.94. The molecule has 2 aliphatic rings. The molecule has 2 fully saturated rings. The van der Waals surface area contributed by atoms with Crippen molar-refractivity contribution in [1.29, 1.82) is 0 Å². The van der Waals surface area contributed by atoms with Crippen molar-refractivity contribution in [1.82, 2.24) is 0 Å². The molecule has 0 saturated carbocycles. The normalized spacial score (nSPS) is 19.2. The van der Waals surface area contributed by atoms with Crippen LogP contribution in [-0.4, -0.2) is 43.7 Å². The number of benzene rings is 3. The van der Waals surface area contributed by atoms with Crippen molar-refractivity contribution in [3.8, 4) is 16.9 Å². The van der Waals surface area contributed by atoms with Gasteiger partial charge >= 0.3 is 0 Å². The summed E-state index contributed by atoms with van der Waals surface area (Å²) in [7, 11) is 0. The minimum absolute atomic E-state index is 0.357. The fourth-order valence-electron chi connectivity index (χ4n) is 3.11. The molecule has 0 spiro atoms. The maximum absolute atomic E-state index is 10.2. The number of epoxide rings is 2. The molecule has 0 aliphatic carbocycles. The number of hydrogen-bond acceptors (Lipinski definition) is 4. The van der Waals surface area contributed by atoms with Gasteiger partial charge in [-0.15, -0.1) is 0 Å². The number of phenols is 1. The molecule has 4 nitrogen and oxygen atoms in total. The fourth-order valence-corrected chi connectivity index (χ4v) is 3.11. The minimum Gasteiger partial charge on any atom is -0.508 e. The third kappa shape index (κ3) is 6.16. The van der Waals surface area contributed by atoms with Crippen molar-refractivity contribution in [2.24, 2.45) is 0 Å². The van der Waals surface area contributed by atoms with E-state index >= 15 is 0 Å². The molecular weight excluding hydrogens is 364 g/mol. The zero-order chi connectivity index (χ0) is 19.9. The van der Waals surface area contributed by atoms with Crippen LogP contribution < -0.4 is 0 Å². The van der Waals surface area contributed by atoms with Gasteiger partial charge in [-0.05, 0) is 22.8 Å². The lowest BCUT2D eigenvalue weighted by molar-refractivity contribution is 0.102. The molecule has 0 aromatic heterocycles. The molecule has 29 heavy (non-hydrogen) atoms. The molecule has 0 amide bonds. The molecule has 5 rings (SSSR count). The molecular formula is C25H26O4. The molecule has 2 atom stereocenters. The molecule has 2 saturated heterocycles. The maximum atomic E-state index is 10.2. The third-order valence-electron chi connectivity index (χ3n) is 4.87. The first-order valence-corrected chi connectivity index (χ1v) is 10.0. The summed E-state index contributed by atoms with van der Waals surface area (Å²) in [4.78, 5) is 0. The summed E-state index contributed by atoms with van der Waals surface area (Å²) in [6, 6.07) is 26.1. The van der Waals surface area contributed by atoms with Crippen LogP contribution in [0, 0.1) is 0 Å². The summed E-state index contributed by atoms with van der Waals surface area (Å²) < 4.78 is 15.1. The summed E-state index contributed by atoms with van der Waals surface area (Å²) >= 11 is 0. The van der Waals surface area contributed by atoms with Crippen LogP contribution in [0.4, 0.5) is 0 Å². The van der Waals surface area contributed by atoms with Crippen LogP contribution in [0.2, 0.25) is 0 Å². The van der Waals surface area contributed by atoms with E-state index in [-0.39, 0.29) is 0 Å². The molecule has 4 heteroatoms. The van der Waals surface area contributed by atoms with E-state index in [4.69, 9.17) is 14.2 Å². The Labute approximate surface area is 171 Å². The Morgan fingerprint density at radius 2 is 1.34 bits per heavy atom. The number of phenolic OH excluding ortho intramolecular Hbond substituents is 1. The van der Waals surface area contributed by atoms with Crippen molar-refractivity contribution in [3.63, 3.8) is 0 Å². The molecule has 2 unspecified atom stereocenters. The zero-order valence-electron chi connectivity index (χ0n) is 16.4. The van der Waals surface area contributed by atoms with Crippen LogP contribution in [0.25, 0.3) is 11.1 Å². The van der Waals surface area contributed by atoms with E-state index in [0.717, 1.165) is 49.5 Å². The molecule has 0 radical (unpaired) electrons. The Bertz CT molecular complexity index is 875. The summed E-state index contributed by atoms with van der Waals surface area (Å²) in [5.74, 6) is 0.357. The van der Waals surface area contributed by atoms with Gasteiger partial charge in [0, 0.05) is 12.0 Å². The summed E-state index contributed by atoms with van der Waals surface area (Å²) in [6.07, 6.45) is 1.52. The molecule has 2 aliphatic heterocycles. The molecule has 1 N–H and O–H groups in total. The van der Waals surface area contributed by atoms with Gasteiger partial charge in [-0.2, -0.15) is 0 Å². The quantitative estimate of drug-likeness (QED) is 0.606. The second-order valence-electron chi connectivity index (χ2n) is 7.28. The lowest BCUT2D eigenvalue weighted by Crippen LogP contribution is -2.06. The molecule has 3 aromatic carbocycles. The third-order valence-corrected chi connectivity index (χ3v) is 4.87. The minimum atomic E-state index is 0.357. The first kappa shape index (κ1) is 19.6. The van der Waals surface area contributed by atoms with Crippen molar-refractivity contribution in [2.75, 3.05) is 26.4 Å². The van der Waals surface area contributed by atoms with Crippen LogP contribution in [-0.2, 0) is 20.6 Å². The largest absolute Gasteiger partial charge is 0.508 e. The Morgan fingerprint density at radius 3 is 1.93 bits per heavy atom. The number of aromatic hydroxyl groups is 1. The summed E-state index contributed by atoms with van der Waals surface area (Å²) in [6.45, 7) is 3.26. The Balaban J connectivity index is 0.000000188. The van der Waals surface area contributed by atoms with E-state index in [0.29, 0.717) is 18.0 Å². The predicted octanol–water partition coefficient (Wildman–Crippen LogP) is 4.45. The van der Waals surface area contributed by atoms with Crippen molar-refractivity contribution >= 4 is 0 Å². The van der Waals surface area contributed by atoms with E-state index in [9.17, 15) is 5.11 Å². The molecule has 0 bridgehead atoms. The Morgan fingerprint density at radius 1 is 0.759 bits per heavy atom. The fraction of sp³-hybridized carbons (Fsp3) is 0.280. The van der Waals surface area contributed by atoms with Gasteiger partial charge in [-0.3, -0.25) is 0 Å². The van der Waals surface area contributed by atoms with Crippen LogP contribution in [0.15, 0.2) is 78.9 Å². The van der Waals surface area contributed by atoms with E-state index < -0.39 is 0 Å². The topological polar surface area (TPSA) is 54.5 Å². The zero-order valence-corrected chi connectivity index (χ0v) is 16.4. The highest BCUT2D eigenvalue weighted by molar-refractivity contribution is 5.70. The van der Waals surface area contributed by atoms with Gasteiger partial charge in [-0.25, -0.2) is 0 Å². The highest BCUT2D eigenvalue weighted by Crippen LogP contribution is 2.31. The van der Waals surface area contributed by atoms with E-state index in [1.54, 1.807) is 6.07 Å². The van der Waals surface area contributed by atoms with Crippen LogP contribution in [0.5, 0.6) is 5.75 Å². The van der Waals surface area contributed by atoms with Crippen molar-refractivity contribution < 1.29 is 19.3 Å². The standard InChI is InChI=1S/C19H16O.C6H10O3/c20-19-13-7-12-17(16-10-5-2-6-11-16)18(19)14-15-8-3-1-4-9-15;1(5-3-8-5)7-2-6-4-9-6/h1-13,20H,14H2;5-6H,1-4H2.